The lowest BCUT2D eigenvalue weighted by atomic mass is 9.54. The van der Waals surface area contributed by atoms with Crippen molar-refractivity contribution in [3.8, 4) is 0 Å². The minimum absolute atomic E-state index is 0.0580. The van der Waals surface area contributed by atoms with Crippen LogP contribution in [0, 0.1) is 17.3 Å². The fraction of sp³-hybridized carbons (Fsp3) is 0.926. The summed E-state index contributed by atoms with van der Waals surface area (Å²) in [7, 11) is 0. The summed E-state index contributed by atoms with van der Waals surface area (Å²) >= 11 is 0. The number of hydrogen-bond donors (Lipinski definition) is 8. The van der Waals surface area contributed by atoms with Crippen LogP contribution < -0.4 is 0 Å². The molecule has 8 N–H and O–H groups in total. The van der Waals surface area contributed by atoms with Crippen LogP contribution in [0.15, 0.2) is 12.2 Å². The number of aliphatic hydroxyl groups excluding tert-OH is 8. The highest BCUT2D eigenvalue weighted by atomic mass is 16.7. The van der Waals surface area contributed by atoms with Crippen molar-refractivity contribution in [2.75, 3.05) is 13.2 Å². The first-order chi connectivity index (χ1) is 18.2. The summed E-state index contributed by atoms with van der Waals surface area (Å²) in [6, 6.07) is 0. The minimum atomic E-state index is -1.51. The highest BCUT2D eigenvalue weighted by Gasteiger charge is 2.53. The zero-order chi connectivity index (χ0) is 28.9. The molecule has 0 aromatic carbocycles. The molecule has 2 saturated carbocycles. The van der Waals surface area contributed by atoms with Gasteiger partial charge in [-0.25, -0.2) is 0 Å². The zero-order valence-electron chi connectivity index (χ0n) is 22.9. The fourth-order valence-corrected chi connectivity index (χ4v) is 6.95. The van der Waals surface area contributed by atoms with Crippen LogP contribution in [0.4, 0.5) is 0 Å². The van der Waals surface area contributed by atoms with Crippen molar-refractivity contribution in [3.05, 3.63) is 12.2 Å². The third-order valence-corrected chi connectivity index (χ3v) is 9.53. The van der Waals surface area contributed by atoms with E-state index in [0.717, 1.165) is 24.8 Å². The number of aliphatic hydroxyl groups is 8. The standard InChI is InChI=1S/C27H46O12/c1-12-7-14(36-24-22(34)20(32)18(30)16(10-28)37-24)9-27(4)6-5-13(8-15(12)27)26(2,3)39-25-23(35)21(33)19(31)17(11-29)38-25/h13-25,28-35H,1,5-11H2,2-4H3/t13-,14+,15+,16-,17-,18-,19-,20+,21+,22-,23-,24-,25+,27-/m1/s1. The van der Waals surface area contributed by atoms with Crippen molar-refractivity contribution >= 4 is 0 Å². The topological polar surface area (TPSA) is 199 Å². The van der Waals surface area contributed by atoms with Gasteiger partial charge >= 0.3 is 0 Å². The molecule has 0 bridgehead atoms. The van der Waals surface area contributed by atoms with Crippen molar-refractivity contribution in [2.24, 2.45) is 17.3 Å². The van der Waals surface area contributed by atoms with E-state index >= 15 is 0 Å². The molecule has 4 fully saturated rings. The molecule has 0 radical (unpaired) electrons. The summed E-state index contributed by atoms with van der Waals surface area (Å²) in [5.41, 5.74) is 0.0506. The maximum Gasteiger partial charge on any atom is 0.187 e. The van der Waals surface area contributed by atoms with Crippen LogP contribution in [0.3, 0.4) is 0 Å². The second kappa shape index (κ2) is 11.9. The lowest BCUT2D eigenvalue weighted by Crippen LogP contribution is -2.61. The van der Waals surface area contributed by atoms with E-state index in [4.69, 9.17) is 18.9 Å². The number of fused-ring (bicyclic) bond motifs is 1. The molecule has 14 atom stereocenters. The van der Waals surface area contributed by atoms with Crippen LogP contribution in [0.2, 0.25) is 0 Å². The maximum absolute atomic E-state index is 10.5. The molecule has 4 aliphatic rings. The van der Waals surface area contributed by atoms with Gasteiger partial charge in [-0.05, 0) is 63.2 Å². The first-order valence-corrected chi connectivity index (χ1v) is 13.8. The van der Waals surface area contributed by atoms with Gasteiger partial charge in [-0.2, -0.15) is 0 Å². The highest BCUT2D eigenvalue weighted by molar-refractivity contribution is 5.16. The Morgan fingerprint density at radius 3 is 1.97 bits per heavy atom. The van der Waals surface area contributed by atoms with Crippen LogP contribution in [0.5, 0.6) is 0 Å². The molecule has 12 nitrogen and oxygen atoms in total. The molecule has 0 amide bonds. The maximum atomic E-state index is 10.5. The van der Waals surface area contributed by atoms with Crippen molar-refractivity contribution in [2.45, 2.75) is 126 Å². The summed E-state index contributed by atoms with van der Waals surface area (Å²) in [6.45, 7) is 9.27. The van der Waals surface area contributed by atoms with E-state index in [-0.39, 0.29) is 23.4 Å². The van der Waals surface area contributed by atoms with E-state index in [2.05, 4.69) is 13.5 Å². The van der Waals surface area contributed by atoms with Crippen molar-refractivity contribution in [1.82, 2.24) is 0 Å². The molecule has 2 aliphatic carbocycles. The molecule has 4 rings (SSSR count). The summed E-state index contributed by atoms with van der Waals surface area (Å²) in [5, 5.41) is 80.2. The summed E-state index contributed by atoms with van der Waals surface area (Å²) in [4.78, 5) is 0. The van der Waals surface area contributed by atoms with Gasteiger partial charge in [-0.15, -0.1) is 0 Å². The van der Waals surface area contributed by atoms with Gasteiger partial charge in [0.2, 0.25) is 0 Å². The number of rotatable bonds is 7. The van der Waals surface area contributed by atoms with E-state index in [1.165, 1.54) is 0 Å². The van der Waals surface area contributed by atoms with Gasteiger partial charge in [0.05, 0.1) is 24.9 Å². The molecule has 0 spiro atoms. The van der Waals surface area contributed by atoms with Gasteiger partial charge in [0, 0.05) is 0 Å². The average Bonchev–Trinajstić information content (AvgIpc) is 2.88. The van der Waals surface area contributed by atoms with Crippen molar-refractivity contribution < 1.29 is 59.8 Å². The Morgan fingerprint density at radius 1 is 0.872 bits per heavy atom. The largest absolute Gasteiger partial charge is 0.394 e. The van der Waals surface area contributed by atoms with Gasteiger partial charge in [-0.3, -0.25) is 0 Å². The Morgan fingerprint density at radius 2 is 1.41 bits per heavy atom. The van der Waals surface area contributed by atoms with E-state index in [0.29, 0.717) is 12.8 Å². The third kappa shape index (κ3) is 6.08. The number of ether oxygens (including phenoxy) is 4. The van der Waals surface area contributed by atoms with Gasteiger partial charge in [0.25, 0.3) is 0 Å². The predicted molar refractivity (Wildman–Crippen MR) is 135 cm³/mol. The van der Waals surface area contributed by atoms with Gasteiger partial charge in [0.1, 0.15) is 48.8 Å². The molecular weight excluding hydrogens is 516 g/mol. The monoisotopic (exact) mass is 562 g/mol. The van der Waals surface area contributed by atoms with Crippen LogP contribution in [-0.4, -0.2) is 127 Å². The average molecular weight is 563 g/mol. The van der Waals surface area contributed by atoms with Crippen LogP contribution in [0.25, 0.3) is 0 Å². The van der Waals surface area contributed by atoms with Crippen LogP contribution >= 0.6 is 0 Å². The SMILES string of the molecule is C=C1C[C@H](O[C@@H]2O[C@H](CO)[C@@H](O)[C@H](O)[C@H]2O)C[C@@]2(C)CC[C@@H](C(C)(C)O[C@@H]3O[C@H](CO)[C@@H](O)[C@H](O)[C@H]3O)C[C@@H]12. The molecular formula is C27H46O12. The Labute approximate surface area is 228 Å². The van der Waals surface area contributed by atoms with E-state index in [9.17, 15) is 40.9 Å². The van der Waals surface area contributed by atoms with E-state index in [1.807, 2.05) is 13.8 Å². The molecule has 2 aliphatic heterocycles. The zero-order valence-corrected chi connectivity index (χ0v) is 22.9. The Kier molecular flexibility index (Phi) is 9.49. The Bertz CT molecular complexity index is 851. The van der Waals surface area contributed by atoms with Gasteiger partial charge in [0.15, 0.2) is 12.6 Å². The smallest absolute Gasteiger partial charge is 0.187 e. The molecule has 226 valence electrons. The lowest BCUT2D eigenvalue weighted by molar-refractivity contribution is -0.330. The Hall–Kier alpha value is -0.740. The van der Waals surface area contributed by atoms with Crippen molar-refractivity contribution in [1.29, 1.82) is 0 Å². The second-order valence-corrected chi connectivity index (χ2v) is 12.6. The Balaban J connectivity index is 1.39. The molecule has 2 heterocycles. The summed E-state index contributed by atoms with van der Waals surface area (Å²) < 4.78 is 23.4. The van der Waals surface area contributed by atoms with Crippen LogP contribution in [-0.2, 0) is 18.9 Å². The fourth-order valence-electron chi connectivity index (χ4n) is 6.95. The highest BCUT2D eigenvalue weighted by Crippen LogP contribution is 2.56. The first kappa shape index (κ1) is 31.2. The first-order valence-electron chi connectivity index (χ1n) is 13.8. The molecule has 0 unspecified atom stereocenters. The van der Waals surface area contributed by atoms with Gasteiger partial charge in [-0.1, -0.05) is 19.1 Å². The van der Waals surface area contributed by atoms with E-state index < -0.39 is 80.2 Å². The quantitative estimate of drug-likeness (QED) is 0.133. The molecule has 0 aromatic rings. The minimum Gasteiger partial charge on any atom is -0.394 e. The normalized spacial score (nSPS) is 49.5. The third-order valence-electron chi connectivity index (χ3n) is 9.53. The number of hydrogen-bond acceptors (Lipinski definition) is 12. The molecule has 2 saturated heterocycles. The molecule has 12 heteroatoms. The van der Waals surface area contributed by atoms with Crippen LogP contribution in [0.1, 0.15) is 52.9 Å². The summed E-state index contributed by atoms with van der Waals surface area (Å²) in [5.74, 6) is 0.200. The second-order valence-electron chi connectivity index (χ2n) is 12.6. The van der Waals surface area contributed by atoms with Crippen molar-refractivity contribution in [3.63, 3.8) is 0 Å². The lowest BCUT2D eigenvalue weighted by Gasteiger charge is -2.54. The molecule has 0 aromatic heterocycles. The predicted octanol–water partition coefficient (Wildman–Crippen LogP) is -1.46. The summed E-state index contributed by atoms with van der Waals surface area (Å²) in [6.07, 6.45) is -10.1. The molecule has 39 heavy (non-hydrogen) atoms. The van der Waals surface area contributed by atoms with Gasteiger partial charge < -0.3 is 59.8 Å². The van der Waals surface area contributed by atoms with E-state index in [1.54, 1.807) is 0 Å².